The van der Waals surface area contributed by atoms with Gasteiger partial charge in [0.15, 0.2) is 0 Å². The van der Waals surface area contributed by atoms with Gasteiger partial charge in [-0.05, 0) is 42.7 Å². The van der Waals surface area contributed by atoms with Gasteiger partial charge in [0.2, 0.25) is 5.91 Å². The van der Waals surface area contributed by atoms with Crippen molar-refractivity contribution < 1.29 is 14.4 Å². The molecular weight excluding hydrogens is 428 g/mol. The number of carbonyl (C=O) groups excluding carboxylic acids is 3. The summed E-state index contributed by atoms with van der Waals surface area (Å²) in [6.45, 7) is 8.15. The summed E-state index contributed by atoms with van der Waals surface area (Å²) in [7, 11) is 0. The molecule has 3 amide bonds. The number of anilines is 1. The third-order valence-corrected chi connectivity index (χ3v) is 6.81. The Hall–Kier alpha value is -3.74. The van der Waals surface area contributed by atoms with Crippen LogP contribution < -0.4 is 4.90 Å². The molecule has 0 saturated carbocycles. The first-order chi connectivity index (χ1) is 16.4. The van der Waals surface area contributed by atoms with E-state index in [9.17, 15) is 14.4 Å². The Morgan fingerprint density at radius 2 is 1.47 bits per heavy atom. The number of nitrogens with zero attached hydrogens (tertiary/aromatic N) is 4. The fourth-order valence-electron chi connectivity index (χ4n) is 4.99. The molecule has 1 atom stereocenters. The highest BCUT2D eigenvalue weighted by atomic mass is 16.2. The number of amides is 3. The smallest absolute Gasteiger partial charge is 0.262 e. The molecule has 34 heavy (non-hydrogen) atoms. The summed E-state index contributed by atoms with van der Waals surface area (Å²) in [5.41, 5.74) is 2.87. The van der Waals surface area contributed by atoms with E-state index in [0.717, 1.165) is 21.6 Å². The molecule has 0 bridgehead atoms. The van der Waals surface area contributed by atoms with E-state index in [-0.39, 0.29) is 23.6 Å². The summed E-state index contributed by atoms with van der Waals surface area (Å²) in [4.78, 5) is 49.6. The van der Waals surface area contributed by atoms with Gasteiger partial charge in [0.25, 0.3) is 11.8 Å². The van der Waals surface area contributed by atoms with Crippen LogP contribution in [-0.4, -0.2) is 64.7 Å². The first kappa shape index (κ1) is 22.1. The Morgan fingerprint density at radius 3 is 2.09 bits per heavy atom. The molecule has 7 nitrogen and oxygen atoms in total. The highest BCUT2D eigenvalue weighted by Crippen LogP contribution is 2.29. The fraction of sp³-hybridized carbons (Fsp3) is 0.333. The molecular formula is C27H28N4O3. The van der Waals surface area contributed by atoms with Crippen LogP contribution in [-0.2, 0) is 4.79 Å². The molecule has 1 fully saturated rings. The van der Waals surface area contributed by atoms with Crippen molar-refractivity contribution in [2.75, 3.05) is 31.1 Å². The Labute approximate surface area is 199 Å². The standard InChI is InChI=1S/C27H28N4O3/c1-17(2)24(31-25(32)20-9-4-5-10-21(20)26(31)33)27(34)30-14-12-29(13-15-30)23-16-18(3)19-8-6-7-11-22(19)28-23/h4-11,16-17,24H,12-15H2,1-3H3. The van der Waals surface area contributed by atoms with Gasteiger partial charge in [-0.2, -0.15) is 0 Å². The van der Waals surface area contributed by atoms with Gasteiger partial charge in [-0.25, -0.2) is 4.98 Å². The van der Waals surface area contributed by atoms with Crippen molar-refractivity contribution in [2.24, 2.45) is 5.92 Å². The number of pyridine rings is 1. The first-order valence-corrected chi connectivity index (χ1v) is 11.7. The van der Waals surface area contributed by atoms with E-state index in [1.807, 2.05) is 32.0 Å². The summed E-state index contributed by atoms with van der Waals surface area (Å²) >= 11 is 0. The number of hydrogen-bond donors (Lipinski definition) is 0. The summed E-state index contributed by atoms with van der Waals surface area (Å²) in [5.74, 6) is -0.238. The number of aryl methyl sites for hydroxylation is 1. The normalized spacial score (nSPS) is 17.0. The van der Waals surface area contributed by atoms with Gasteiger partial charge in [-0.15, -0.1) is 0 Å². The third-order valence-electron chi connectivity index (χ3n) is 6.81. The first-order valence-electron chi connectivity index (χ1n) is 11.7. The molecule has 1 saturated heterocycles. The van der Waals surface area contributed by atoms with Crippen LogP contribution in [0.3, 0.4) is 0 Å². The minimum absolute atomic E-state index is 0.174. The monoisotopic (exact) mass is 456 g/mol. The molecule has 0 radical (unpaired) electrons. The van der Waals surface area contributed by atoms with Crippen LogP contribution >= 0.6 is 0 Å². The Balaban J connectivity index is 1.33. The van der Waals surface area contributed by atoms with Gasteiger partial charge in [-0.1, -0.05) is 44.2 Å². The van der Waals surface area contributed by atoms with E-state index in [1.54, 1.807) is 29.2 Å². The van der Waals surface area contributed by atoms with Gasteiger partial charge in [0.1, 0.15) is 11.9 Å². The second-order valence-corrected chi connectivity index (χ2v) is 9.34. The average Bonchev–Trinajstić information content (AvgIpc) is 3.09. The molecule has 0 aliphatic carbocycles. The molecule has 174 valence electrons. The summed E-state index contributed by atoms with van der Waals surface area (Å²) in [5, 5.41) is 1.14. The molecule has 1 aromatic heterocycles. The number of piperazine rings is 1. The van der Waals surface area contributed by atoms with Gasteiger partial charge in [0.05, 0.1) is 16.6 Å². The largest absolute Gasteiger partial charge is 0.353 e. The lowest BCUT2D eigenvalue weighted by Crippen LogP contribution is -2.57. The Bertz CT molecular complexity index is 1260. The van der Waals surface area contributed by atoms with Crippen molar-refractivity contribution in [2.45, 2.75) is 26.8 Å². The van der Waals surface area contributed by atoms with Crippen molar-refractivity contribution in [3.63, 3.8) is 0 Å². The van der Waals surface area contributed by atoms with Crippen LogP contribution in [0.1, 0.15) is 40.1 Å². The van der Waals surface area contributed by atoms with Crippen LogP contribution in [0.2, 0.25) is 0 Å². The zero-order chi connectivity index (χ0) is 24.0. The zero-order valence-corrected chi connectivity index (χ0v) is 19.7. The number of fused-ring (bicyclic) bond motifs is 2. The minimum atomic E-state index is -0.819. The predicted octanol–water partition coefficient (Wildman–Crippen LogP) is 3.51. The predicted molar refractivity (Wildman–Crippen MR) is 131 cm³/mol. The van der Waals surface area contributed by atoms with Crippen molar-refractivity contribution in [3.05, 3.63) is 71.3 Å². The summed E-state index contributed by atoms with van der Waals surface area (Å²) in [6.07, 6.45) is 0. The van der Waals surface area contributed by atoms with E-state index in [1.165, 1.54) is 5.56 Å². The van der Waals surface area contributed by atoms with Crippen molar-refractivity contribution in [1.82, 2.24) is 14.8 Å². The summed E-state index contributed by atoms with van der Waals surface area (Å²) in [6, 6.07) is 16.1. The SMILES string of the molecule is Cc1cc(N2CCN(C(=O)C(C(C)C)N3C(=O)c4ccccc4C3=O)CC2)nc2ccccc12. The summed E-state index contributed by atoms with van der Waals surface area (Å²) < 4.78 is 0. The van der Waals surface area contributed by atoms with Crippen LogP contribution in [0.25, 0.3) is 10.9 Å². The molecule has 0 N–H and O–H groups in total. The topological polar surface area (TPSA) is 73.8 Å². The van der Waals surface area contributed by atoms with Crippen molar-refractivity contribution >= 4 is 34.4 Å². The van der Waals surface area contributed by atoms with E-state index in [2.05, 4.69) is 24.0 Å². The van der Waals surface area contributed by atoms with E-state index < -0.39 is 6.04 Å². The maximum Gasteiger partial charge on any atom is 0.262 e. The van der Waals surface area contributed by atoms with Crippen LogP contribution in [0.4, 0.5) is 5.82 Å². The second-order valence-electron chi connectivity index (χ2n) is 9.34. The van der Waals surface area contributed by atoms with Gasteiger partial charge < -0.3 is 9.80 Å². The van der Waals surface area contributed by atoms with Crippen molar-refractivity contribution in [1.29, 1.82) is 0 Å². The Morgan fingerprint density at radius 1 is 0.882 bits per heavy atom. The highest BCUT2D eigenvalue weighted by molar-refractivity contribution is 6.22. The lowest BCUT2D eigenvalue weighted by Gasteiger charge is -2.39. The number of rotatable bonds is 4. The number of aromatic nitrogens is 1. The lowest BCUT2D eigenvalue weighted by molar-refractivity contribution is -0.137. The minimum Gasteiger partial charge on any atom is -0.353 e. The quantitative estimate of drug-likeness (QED) is 0.562. The number of imide groups is 1. The molecule has 1 unspecified atom stereocenters. The molecule has 7 heteroatoms. The van der Waals surface area contributed by atoms with E-state index in [4.69, 9.17) is 4.98 Å². The molecule has 2 aromatic carbocycles. The van der Waals surface area contributed by atoms with Crippen LogP contribution in [0.5, 0.6) is 0 Å². The average molecular weight is 457 g/mol. The zero-order valence-electron chi connectivity index (χ0n) is 19.7. The molecule has 3 heterocycles. The maximum atomic E-state index is 13.6. The number of benzene rings is 2. The molecule has 5 rings (SSSR count). The maximum absolute atomic E-state index is 13.6. The second kappa shape index (κ2) is 8.56. The molecule has 0 spiro atoms. The number of carbonyl (C=O) groups is 3. The van der Waals surface area contributed by atoms with Gasteiger partial charge in [-0.3, -0.25) is 19.3 Å². The van der Waals surface area contributed by atoms with Crippen LogP contribution in [0, 0.1) is 12.8 Å². The molecule has 2 aliphatic rings. The number of hydrogen-bond acceptors (Lipinski definition) is 5. The highest BCUT2D eigenvalue weighted by Gasteiger charge is 2.45. The lowest BCUT2D eigenvalue weighted by atomic mass is 10.0. The Kier molecular flexibility index (Phi) is 5.55. The van der Waals surface area contributed by atoms with Crippen molar-refractivity contribution in [3.8, 4) is 0 Å². The molecule has 2 aliphatic heterocycles. The van der Waals surface area contributed by atoms with E-state index in [0.29, 0.717) is 37.3 Å². The van der Waals surface area contributed by atoms with Gasteiger partial charge >= 0.3 is 0 Å². The van der Waals surface area contributed by atoms with E-state index >= 15 is 0 Å². The fourth-order valence-corrected chi connectivity index (χ4v) is 4.99. The van der Waals surface area contributed by atoms with Crippen LogP contribution in [0.15, 0.2) is 54.6 Å². The third kappa shape index (κ3) is 3.61. The number of para-hydroxylation sites is 1. The van der Waals surface area contributed by atoms with Gasteiger partial charge in [0, 0.05) is 31.6 Å². The molecule has 3 aromatic rings.